The summed E-state index contributed by atoms with van der Waals surface area (Å²) in [6, 6.07) is 3.41. The van der Waals surface area contributed by atoms with Crippen molar-refractivity contribution in [2.24, 2.45) is 5.92 Å². The number of nitrogens with one attached hydrogen (secondary N) is 1. The van der Waals surface area contributed by atoms with E-state index in [1.165, 1.54) is 13.0 Å². The highest BCUT2D eigenvalue weighted by Gasteiger charge is 2.25. The molecular formula is C15H19FN2O3. The van der Waals surface area contributed by atoms with Gasteiger partial charge in [0.15, 0.2) is 0 Å². The zero-order chi connectivity index (χ0) is 15.4. The van der Waals surface area contributed by atoms with Gasteiger partial charge < -0.3 is 15.3 Å². The van der Waals surface area contributed by atoms with Crippen LogP contribution in [-0.4, -0.2) is 41.5 Å². The first kappa shape index (κ1) is 15.3. The van der Waals surface area contributed by atoms with Gasteiger partial charge in [0.1, 0.15) is 11.6 Å². The lowest BCUT2D eigenvalue weighted by Gasteiger charge is -2.32. The molecule has 5 nitrogen and oxygen atoms in total. The normalized spacial score (nSPS) is 15.8. The average Bonchev–Trinajstić information content (AvgIpc) is 2.45. The maximum atomic E-state index is 12.9. The number of phenols is 1. The summed E-state index contributed by atoms with van der Waals surface area (Å²) in [5, 5.41) is 12.4. The monoisotopic (exact) mass is 294 g/mol. The molecule has 0 atom stereocenters. The van der Waals surface area contributed by atoms with Crippen LogP contribution in [0.15, 0.2) is 18.2 Å². The van der Waals surface area contributed by atoms with E-state index in [1.807, 2.05) is 0 Å². The molecule has 0 spiro atoms. The standard InChI is InChI=1S/C15H19FN2O3/c1-10(19)17-9-11-4-6-18(7-5-11)15(21)13-3-2-12(16)8-14(13)20/h2-3,8,11,20H,4-7,9H2,1H3,(H,17,19). The largest absolute Gasteiger partial charge is 0.507 e. The van der Waals surface area contributed by atoms with Gasteiger partial charge in [0, 0.05) is 32.6 Å². The van der Waals surface area contributed by atoms with Crippen LogP contribution < -0.4 is 5.32 Å². The Hall–Kier alpha value is -2.11. The van der Waals surface area contributed by atoms with Gasteiger partial charge >= 0.3 is 0 Å². The van der Waals surface area contributed by atoms with Crippen LogP contribution in [0.25, 0.3) is 0 Å². The number of hydrogen-bond acceptors (Lipinski definition) is 3. The molecule has 1 heterocycles. The molecule has 1 fully saturated rings. The summed E-state index contributed by atoms with van der Waals surface area (Å²) in [5.74, 6) is -0.881. The summed E-state index contributed by atoms with van der Waals surface area (Å²) in [4.78, 5) is 24.8. The van der Waals surface area contributed by atoms with Gasteiger partial charge in [-0.2, -0.15) is 0 Å². The molecule has 0 bridgehead atoms. The van der Waals surface area contributed by atoms with E-state index in [4.69, 9.17) is 0 Å². The second-order valence-electron chi connectivity index (χ2n) is 5.33. The lowest BCUT2D eigenvalue weighted by Crippen LogP contribution is -2.41. The van der Waals surface area contributed by atoms with E-state index in [2.05, 4.69) is 5.32 Å². The van der Waals surface area contributed by atoms with Crippen molar-refractivity contribution in [2.75, 3.05) is 19.6 Å². The number of hydrogen-bond donors (Lipinski definition) is 2. The van der Waals surface area contributed by atoms with Gasteiger partial charge in [-0.15, -0.1) is 0 Å². The molecular weight excluding hydrogens is 275 g/mol. The number of rotatable bonds is 3. The molecule has 2 amide bonds. The van der Waals surface area contributed by atoms with Gasteiger partial charge in [0.05, 0.1) is 5.56 Å². The summed E-state index contributed by atoms with van der Waals surface area (Å²) < 4.78 is 12.9. The van der Waals surface area contributed by atoms with Crippen molar-refractivity contribution in [3.05, 3.63) is 29.6 Å². The molecule has 1 aliphatic rings. The summed E-state index contributed by atoms with van der Waals surface area (Å²) in [5.41, 5.74) is 0.122. The molecule has 2 rings (SSSR count). The highest BCUT2D eigenvalue weighted by molar-refractivity contribution is 5.96. The lowest BCUT2D eigenvalue weighted by molar-refractivity contribution is -0.119. The third kappa shape index (κ3) is 3.93. The molecule has 1 saturated heterocycles. The van der Waals surface area contributed by atoms with Gasteiger partial charge in [0.2, 0.25) is 5.91 Å². The maximum Gasteiger partial charge on any atom is 0.257 e. The van der Waals surface area contributed by atoms with Crippen LogP contribution in [0.3, 0.4) is 0 Å². The SMILES string of the molecule is CC(=O)NCC1CCN(C(=O)c2ccc(F)cc2O)CC1. The van der Waals surface area contributed by atoms with E-state index >= 15 is 0 Å². The number of carbonyl (C=O) groups is 2. The molecule has 6 heteroatoms. The van der Waals surface area contributed by atoms with Crippen molar-refractivity contribution in [2.45, 2.75) is 19.8 Å². The smallest absolute Gasteiger partial charge is 0.257 e. The van der Waals surface area contributed by atoms with Crippen LogP contribution in [0.2, 0.25) is 0 Å². The van der Waals surface area contributed by atoms with Gasteiger partial charge in [-0.3, -0.25) is 9.59 Å². The van der Waals surface area contributed by atoms with Gasteiger partial charge in [0.25, 0.3) is 5.91 Å². The molecule has 0 unspecified atom stereocenters. The zero-order valence-electron chi connectivity index (χ0n) is 11.9. The maximum absolute atomic E-state index is 12.9. The zero-order valence-corrected chi connectivity index (χ0v) is 11.9. The summed E-state index contributed by atoms with van der Waals surface area (Å²) >= 11 is 0. The Labute approximate surface area is 122 Å². The van der Waals surface area contributed by atoms with Gasteiger partial charge in [-0.25, -0.2) is 4.39 Å². The number of nitrogens with zero attached hydrogens (tertiary/aromatic N) is 1. The first-order valence-corrected chi connectivity index (χ1v) is 6.99. The van der Waals surface area contributed by atoms with E-state index in [-0.39, 0.29) is 23.1 Å². The molecule has 0 aliphatic carbocycles. The van der Waals surface area contributed by atoms with Crippen LogP contribution in [-0.2, 0) is 4.79 Å². The predicted octanol–water partition coefficient (Wildman–Crippen LogP) is 1.52. The number of aromatic hydroxyl groups is 1. The van der Waals surface area contributed by atoms with E-state index in [9.17, 15) is 19.1 Å². The van der Waals surface area contributed by atoms with Crippen molar-refractivity contribution in [3.63, 3.8) is 0 Å². The molecule has 1 aliphatic heterocycles. The number of halogens is 1. The molecule has 0 radical (unpaired) electrons. The van der Waals surface area contributed by atoms with Crippen LogP contribution in [0, 0.1) is 11.7 Å². The van der Waals surface area contributed by atoms with E-state index in [1.54, 1.807) is 4.90 Å². The number of amides is 2. The van der Waals surface area contributed by atoms with Crippen molar-refractivity contribution >= 4 is 11.8 Å². The molecule has 2 N–H and O–H groups in total. The van der Waals surface area contributed by atoms with Crippen molar-refractivity contribution in [1.29, 1.82) is 0 Å². The fraction of sp³-hybridized carbons (Fsp3) is 0.467. The molecule has 1 aromatic rings. The number of likely N-dealkylation sites (tertiary alicyclic amines) is 1. The molecule has 0 saturated carbocycles. The van der Waals surface area contributed by atoms with E-state index in [0.29, 0.717) is 25.6 Å². The minimum absolute atomic E-state index is 0.0512. The molecule has 1 aromatic carbocycles. The third-order valence-corrected chi connectivity index (χ3v) is 3.73. The topological polar surface area (TPSA) is 69.6 Å². The fourth-order valence-electron chi connectivity index (χ4n) is 2.48. The summed E-state index contributed by atoms with van der Waals surface area (Å²) in [7, 11) is 0. The van der Waals surface area contributed by atoms with Gasteiger partial charge in [-0.05, 0) is 30.9 Å². The Balaban J connectivity index is 1.92. The Morgan fingerprint density at radius 2 is 2.05 bits per heavy atom. The van der Waals surface area contributed by atoms with E-state index in [0.717, 1.165) is 25.0 Å². The van der Waals surface area contributed by atoms with Crippen LogP contribution in [0.4, 0.5) is 4.39 Å². The quantitative estimate of drug-likeness (QED) is 0.888. The van der Waals surface area contributed by atoms with Gasteiger partial charge in [-0.1, -0.05) is 0 Å². The fourth-order valence-corrected chi connectivity index (χ4v) is 2.48. The van der Waals surface area contributed by atoms with Crippen molar-refractivity contribution < 1.29 is 19.1 Å². The first-order chi connectivity index (χ1) is 9.97. The summed E-state index contributed by atoms with van der Waals surface area (Å²) in [6.07, 6.45) is 1.60. The highest BCUT2D eigenvalue weighted by atomic mass is 19.1. The Morgan fingerprint density at radius 1 is 1.38 bits per heavy atom. The number of carbonyl (C=O) groups excluding carboxylic acids is 2. The lowest BCUT2D eigenvalue weighted by atomic mass is 9.96. The summed E-state index contributed by atoms with van der Waals surface area (Å²) in [6.45, 7) is 3.24. The van der Waals surface area contributed by atoms with E-state index < -0.39 is 5.82 Å². The Morgan fingerprint density at radius 3 is 2.62 bits per heavy atom. The average molecular weight is 294 g/mol. The third-order valence-electron chi connectivity index (χ3n) is 3.73. The Kier molecular flexibility index (Phi) is 4.77. The van der Waals surface area contributed by atoms with Crippen molar-refractivity contribution in [1.82, 2.24) is 10.2 Å². The minimum atomic E-state index is -0.571. The molecule has 21 heavy (non-hydrogen) atoms. The Bertz CT molecular complexity index is 540. The highest BCUT2D eigenvalue weighted by Crippen LogP contribution is 2.23. The molecule has 0 aromatic heterocycles. The number of piperidine rings is 1. The van der Waals surface area contributed by atoms with Crippen LogP contribution in [0.5, 0.6) is 5.75 Å². The van der Waals surface area contributed by atoms with Crippen LogP contribution in [0.1, 0.15) is 30.1 Å². The number of phenolic OH excluding ortho intramolecular Hbond substituents is 1. The minimum Gasteiger partial charge on any atom is -0.507 e. The second kappa shape index (κ2) is 6.56. The second-order valence-corrected chi connectivity index (χ2v) is 5.33. The van der Waals surface area contributed by atoms with Crippen molar-refractivity contribution in [3.8, 4) is 5.75 Å². The van der Waals surface area contributed by atoms with Crippen LogP contribution >= 0.6 is 0 Å². The molecule has 114 valence electrons. The number of benzene rings is 1. The predicted molar refractivity (Wildman–Crippen MR) is 75.4 cm³/mol. The first-order valence-electron chi connectivity index (χ1n) is 6.99.